The highest BCUT2D eigenvalue weighted by Crippen LogP contribution is 2.33. The van der Waals surface area contributed by atoms with Gasteiger partial charge in [0.25, 0.3) is 0 Å². The number of para-hydroxylation sites is 1. The van der Waals surface area contributed by atoms with Crippen LogP contribution in [0.25, 0.3) is 10.8 Å². The summed E-state index contributed by atoms with van der Waals surface area (Å²) in [4.78, 5) is 0. The summed E-state index contributed by atoms with van der Waals surface area (Å²) in [7, 11) is 0. The Balaban J connectivity index is 1.53. The van der Waals surface area contributed by atoms with Crippen molar-refractivity contribution < 1.29 is 0 Å². The predicted molar refractivity (Wildman–Crippen MR) is 114 cm³/mol. The number of nitrogens with two attached hydrogens (primary N) is 1. The van der Waals surface area contributed by atoms with E-state index in [1.54, 1.807) is 0 Å². The molecule has 1 heterocycles. The maximum Gasteiger partial charge on any atom is 0.0557 e. The standard InChI is InChI=1S/C25H22N2/c26-25(22-10-5-8-17-6-1-3-9-21(17)22)20-14-15-24-19(16-20)13-12-18-7-2-4-11-23(18)27-24/h1-11,14-16,25,27H,12-13,26H2. The molecule has 27 heavy (non-hydrogen) atoms. The molecule has 2 heteroatoms. The molecule has 0 aromatic heterocycles. The molecular weight excluding hydrogens is 328 g/mol. The molecule has 0 radical (unpaired) electrons. The first-order valence-corrected chi connectivity index (χ1v) is 9.50. The van der Waals surface area contributed by atoms with Crippen molar-refractivity contribution in [2.75, 3.05) is 5.32 Å². The normalized spacial score (nSPS) is 14.0. The quantitative estimate of drug-likeness (QED) is 0.484. The lowest BCUT2D eigenvalue weighted by Gasteiger charge is -2.18. The topological polar surface area (TPSA) is 38.0 Å². The van der Waals surface area contributed by atoms with Gasteiger partial charge < -0.3 is 11.1 Å². The van der Waals surface area contributed by atoms with Gasteiger partial charge in [0, 0.05) is 11.4 Å². The van der Waals surface area contributed by atoms with Gasteiger partial charge in [-0.1, -0.05) is 72.8 Å². The summed E-state index contributed by atoms with van der Waals surface area (Å²) in [6, 6.07) is 29.9. The van der Waals surface area contributed by atoms with Gasteiger partial charge in [-0.25, -0.2) is 0 Å². The van der Waals surface area contributed by atoms with E-state index in [1.165, 1.54) is 38.8 Å². The van der Waals surface area contributed by atoms with Crippen LogP contribution < -0.4 is 11.1 Å². The van der Waals surface area contributed by atoms with E-state index in [1.807, 2.05) is 0 Å². The first-order chi connectivity index (χ1) is 13.3. The Kier molecular flexibility index (Phi) is 3.92. The molecule has 5 rings (SSSR count). The van der Waals surface area contributed by atoms with Crippen LogP contribution >= 0.6 is 0 Å². The number of rotatable bonds is 2. The molecule has 1 aliphatic heterocycles. The van der Waals surface area contributed by atoms with E-state index in [9.17, 15) is 0 Å². The zero-order valence-electron chi connectivity index (χ0n) is 15.2. The molecule has 132 valence electrons. The van der Waals surface area contributed by atoms with Crippen molar-refractivity contribution in [2.24, 2.45) is 5.73 Å². The van der Waals surface area contributed by atoms with Crippen LogP contribution in [0.1, 0.15) is 28.3 Å². The zero-order valence-corrected chi connectivity index (χ0v) is 15.2. The van der Waals surface area contributed by atoms with Crippen molar-refractivity contribution in [1.82, 2.24) is 0 Å². The van der Waals surface area contributed by atoms with Crippen LogP contribution in [0.4, 0.5) is 11.4 Å². The van der Waals surface area contributed by atoms with Gasteiger partial charge in [-0.2, -0.15) is 0 Å². The fourth-order valence-electron chi connectivity index (χ4n) is 4.11. The van der Waals surface area contributed by atoms with Crippen molar-refractivity contribution in [3.8, 4) is 0 Å². The molecule has 0 aliphatic carbocycles. The van der Waals surface area contributed by atoms with E-state index in [2.05, 4.69) is 90.2 Å². The van der Waals surface area contributed by atoms with E-state index in [-0.39, 0.29) is 6.04 Å². The Hall–Kier alpha value is -3.10. The van der Waals surface area contributed by atoms with E-state index in [4.69, 9.17) is 5.73 Å². The van der Waals surface area contributed by atoms with Crippen LogP contribution in [0, 0.1) is 0 Å². The lowest BCUT2D eigenvalue weighted by Crippen LogP contribution is -2.13. The van der Waals surface area contributed by atoms with E-state index >= 15 is 0 Å². The number of benzene rings is 4. The SMILES string of the molecule is NC(c1ccc2c(c1)CCc1ccccc1N2)c1cccc2ccccc12. The van der Waals surface area contributed by atoms with Gasteiger partial charge in [0.05, 0.1) is 6.04 Å². The Morgan fingerprint density at radius 3 is 2.41 bits per heavy atom. The molecule has 0 spiro atoms. The maximum absolute atomic E-state index is 6.72. The van der Waals surface area contributed by atoms with Crippen molar-refractivity contribution >= 4 is 22.1 Å². The lowest BCUT2D eigenvalue weighted by molar-refractivity contribution is 0.873. The average Bonchev–Trinajstić information content (AvgIpc) is 2.91. The van der Waals surface area contributed by atoms with Crippen LogP contribution in [0.2, 0.25) is 0 Å². The third-order valence-electron chi connectivity index (χ3n) is 5.60. The molecular formula is C25H22N2. The van der Waals surface area contributed by atoms with Gasteiger partial charge in [-0.3, -0.25) is 0 Å². The first kappa shape index (κ1) is 16.1. The van der Waals surface area contributed by atoms with Gasteiger partial charge in [0.15, 0.2) is 0 Å². The van der Waals surface area contributed by atoms with E-state index in [0.717, 1.165) is 18.4 Å². The second kappa shape index (κ2) is 6.57. The minimum absolute atomic E-state index is 0.132. The van der Waals surface area contributed by atoms with Crippen molar-refractivity contribution in [1.29, 1.82) is 0 Å². The summed E-state index contributed by atoms with van der Waals surface area (Å²) in [5.74, 6) is 0. The van der Waals surface area contributed by atoms with Crippen molar-refractivity contribution in [3.63, 3.8) is 0 Å². The Bertz CT molecular complexity index is 1120. The molecule has 0 amide bonds. The molecule has 4 aromatic carbocycles. The molecule has 4 aromatic rings. The highest BCUT2D eigenvalue weighted by atomic mass is 14.9. The minimum Gasteiger partial charge on any atom is -0.355 e. The molecule has 0 saturated carbocycles. The van der Waals surface area contributed by atoms with Gasteiger partial charge in [-0.15, -0.1) is 0 Å². The predicted octanol–water partition coefficient (Wildman–Crippen LogP) is 5.73. The smallest absolute Gasteiger partial charge is 0.0557 e. The monoisotopic (exact) mass is 350 g/mol. The molecule has 3 N–H and O–H groups in total. The second-order valence-corrected chi connectivity index (χ2v) is 7.24. The summed E-state index contributed by atoms with van der Waals surface area (Å²) >= 11 is 0. The molecule has 1 aliphatic rings. The maximum atomic E-state index is 6.72. The lowest BCUT2D eigenvalue weighted by atomic mass is 9.92. The average molecular weight is 350 g/mol. The van der Waals surface area contributed by atoms with Crippen LogP contribution in [-0.2, 0) is 12.8 Å². The number of aryl methyl sites for hydroxylation is 2. The van der Waals surface area contributed by atoms with Crippen molar-refractivity contribution in [3.05, 3.63) is 107 Å². The van der Waals surface area contributed by atoms with E-state index < -0.39 is 0 Å². The summed E-state index contributed by atoms with van der Waals surface area (Å²) in [6.45, 7) is 0. The number of anilines is 2. The first-order valence-electron chi connectivity index (χ1n) is 9.50. The fraction of sp³-hybridized carbons (Fsp3) is 0.120. The van der Waals surface area contributed by atoms with Gasteiger partial charge in [-0.05, 0) is 58.0 Å². The largest absolute Gasteiger partial charge is 0.355 e. The summed E-state index contributed by atoms with van der Waals surface area (Å²) in [5.41, 5.74) is 14.2. The summed E-state index contributed by atoms with van der Waals surface area (Å²) in [6.07, 6.45) is 2.07. The van der Waals surface area contributed by atoms with Gasteiger partial charge in [0.2, 0.25) is 0 Å². The molecule has 0 fully saturated rings. The summed E-state index contributed by atoms with van der Waals surface area (Å²) in [5, 5.41) is 6.06. The molecule has 2 nitrogen and oxygen atoms in total. The zero-order chi connectivity index (χ0) is 18.2. The van der Waals surface area contributed by atoms with Gasteiger partial charge >= 0.3 is 0 Å². The van der Waals surface area contributed by atoms with Crippen LogP contribution in [0.5, 0.6) is 0 Å². The fourth-order valence-corrected chi connectivity index (χ4v) is 4.11. The number of fused-ring (bicyclic) bond motifs is 3. The van der Waals surface area contributed by atoms with E-state index in [0.29, 0.717) is 0 Å². The molecule has 0 saturated heterocycles. The number of hydrogen-bond acceptors (Lipinski definition) is 2. The third kappa shape index (κ3) is 2.88. The van der Waals surface area contributed by atoms with Crippen LogP contribution in [-0.4, -0.2) is 0 Å². The van der Waals surface area contributed by atoms with Crippen molar-refractivity contribution in [2.45, 2.75) is 18.9 Å². The molecule has 0 bridgehead atoms. The second-order valence-electron chi connectivity index (χ2n) is 7.24. The summed E-state index contributed by atoms with van der Waals surface area (Å²) < 4.78 is 0. The highest BCUT2D eigenvalue weighted by molar-refractivity contribution is 5.86. The Labute approximate surface area is 159 Å². The van der Waals surface area contributed by atoms with Crippen LogP contribution in [0.15, 0.2) is 84.9 Å². The van der Waals surface area contributed by atoms with Crippen LogP contribution in [0.3, 0.4) is 0 Å². The van der Waals surface area contributed by atoms with Gasteiger partial charge in [0.1, 0.15) is 0 Å². The minimum atomic E-state index is -0.132. The highest BCUT2D eigenvalue weighted by Gasteiger charge is 2.16. The Morgan fingerprint density at radius 2 is 1.44 bits per heavy atom. The Morgan fingerprint density at radius 1 is 0.704 bits per heavy atom. The number of hydrogen-bond donors (Lipinski definition) is 2. The third-order valence-corrected chi connectivity index (χ3v) is 5.60. The molecule has 1 unspecified atom stereocenters. The number of nitrogens with one attached hydrogen (secondary N) is 1. The molecule has 1 atom stereocenters.